The summed E-state index contributed by atoms with van der Waals surface area (Å²) in [5.41, 5.74) is 0. The van der Waals surface area contributed by atoms with Crippen molar-refractivity contribution in [1.29, 1.82) is 0 Å². The van der Waals surface area contributed by atoms with Crippen LogP contribution in [0.5, 0.6) is 0 Å². The minimum absolute atomic E-state index is 0.00187. The summed E-state index contributed by atoms with van der Waals surface area (Å²) in [6, 6.07) is 0. The molecule has 84 valence electrons. The van der Waals surface area contributed by atoms with E-state index in [-0.39, 0.29) is 18.9 Å². The molecule has 0 unspecified atom stereocenters. The molecule has 1 aliphatic carbocycles. The van der Waals surface area contributed by atoms with Crippen LogP contribution in [-0.2, 0) is 14.9 Å². The van der Waals surface area contributed by atoms with Crippen molar-refractivity contribution in [3.05, 3.63) is 0 Å². The maximum Gasteiger partial charge on any atom is 0.294 e. The SMILES string of the molecule is CCOC1CCC(O)(S(=O)(=O)O)CC1. The van der Waals surface area contributed by atoms with E-state index >= 15 is 0 Å². The van der Waals surface area contributed by atoms with Crippen molar-refractivity contribution in [3.8, 4) is 0 Å². The van der Waals surface area contributed by atoms with E-state index in [4.69, 9.17) is 9.29 Å². The van der Waals surface area contributed by atoms with Gasteiger partial charge in [0.15, 0.2) is 4.93 Å². The van der Waals surface area contributed by atoms with Crippen LogP contribution in [0.15, 0.2) is 0 Å². The molecule has 0 spiro atoms. The Kier molecular flexibility index (Phi) is 3.52. The van der Waals surface area contributed by atoms with Crippen LogP contribution in [0.4, 0.5) is 0 Å². The van der Waals surface area contributed by atoms with Crippen molar-refractivity contribution in [1.82, 2.24) is 0 Å². The lowest BCUT2D eigenvalue weighted by Crippen LogP contribution is -2.43. The van der Waals surface area contributed by atoms with E-state index in [9.17, 15) is 13.5 Å². The maximum absolute atomic E-state index is 10.8. The molecule has 0 aromatic heterocycles. The molecule has 1 aliphatic rings. The molecule has 0 aliphatic heterocycles. The van der Waals surface area contributed by atoms with Crippen molar-refractivity contribution in [2.45, 2.75) is 43.6 Å². The minimum atomic E-state index is -4.36. The Hall–Kier alpha value is -0.170. The second kappa shape index (κ2) is 4.14. The van der Waals surface area contributed by atoms with Crippen molar-refractivity contribution in [2.24, 2.45) is 0 Å². The Morgan fingerprint density at radius 2 is 1.93 bits per heavy atom. The third-order valence-corrected chi connectivity index (χ3v) is 3.97. The van der Waals surface area contributed by atoms with Crippen molar-refractivity contribution in [2.75, 3.05) is 6.61 Å². The normalized spacial score (nSPS) is 34.4. The molecule has 0 radical (unpaired) electrons. The van der Waals surface area contributed by atoms with Crippen LogP contribution in [0.2, 0.25) is 0 Å². The van der Waals surface area contributed by atoms with Gasteiger partial charge in [-0.15, -0.1) is 0 Å². The van der Waals surface area contributed by atoms with Gasteiger partial charge in [-0.25, -0.2) is 0 Å². The average Bonchev–Trinajstić information content (AvgIpc) is 2.08. The largest absolute Gasteiger partial charge is 0.379 e. The topological polar surface area (TPSA) is 83.8 Å². The molecule has 0 heterocycles. The Morgan fingerprint density at radius 3 is 2.29 bits per heavy atom. The minimum Gasteiger partial charge on any atom is -0.379 e. The van der Waals surface area contributed by atoms with Gasteiger partial charge in [-0.05, 0) is 32.6 Å². The number of ether oxygens (including phenoxy) is 1. The molecular formula is C8H16O5S. The molecule has 1 rings (SSSR count). The first-order valence-electron chi connectivity index (χ1n) is 4.70. The highest BCUT2D eigenvalue weighted by Gasteiger charge is 2.43. The molecule has 0 amide bonds. The van der Waals surface area contributed by atoms with Crippen LogP contribution in [0.3, 0.4) is 0 Å². The summed E-state index contributed by atoms with van der Waals surface area (Å²) in [5, 5.41) is 9.60. The van der Waals surface area contributed by atoms with Crippen molar-refractivity contribution in [3.63, 3.8) is 0 Å². The zero-order valence-electron chi connectivity index (χ0n) is 8.14. The molecule has 14 heavy (non-hydrogen) atoms. The molecule has 0 atom stereocenters. The third kappa shape index (κ3) is 2.44. The smallest absolute Gasteiger partial charge is 0.294 e. The predicted octanol–water partition coefficient (Wildman–Crippen LogP) is 0.542. The highest BCUT2D eigenvalue weighted by atomic mass is 32.2. The molecule has 0 aromatic rings. The quantitative estimate of drug-likeness (QED) is 0.684. The number of aliphatic hydroxyl groups is 1. The Labute approximate surface area is 83.8 Å². The van der Waals surface area contributed by atoms with Gasteiger partial charge in [-0.1, -0.05) is 0 Å². The van der Waals surface area contributed by atoms with Gasteiger partial charge in [-0.2, -0.15) is 8.42 Å². The van der Waals surface area contributed by atoms with Gasteiger partial charge in [0.1, 0.15) is 0 Å². The van der Waals surface area contributed by atoms with Gasteiger partial charge < -0.3 is 9.84 Å². The molecule has 0 bridgehead atoms. The third-order valence-electron chi connectivity index (χ3n) is 2.60. The van der Waals surface area contributed by atoms with E-state index < -0.39 is 15.1 Å². The fraction of sp³-hybridized carbons (Fsp3) is 1.00. The standard InChI is InChI=1S/C8H16O5S/c1-2-13-7-3-5-8(9,6-4-7)14(10,11)12/h7,9H,2-6H2,1H3,(H,10,11,12). The molecule has 5 nitrogen and oxygen atoms in total. The first-order chi connectivity index (χ1) is 6.39. The summed E-state index contributed by atoms with van der Waals surface area (Å²) >= 11 is 0. The highest BCUT2D eigenvalue weighted by molar-refractivity contribution is 7.87. The fourth-order valence-corrected chi connectivity index (χ4v) is 2.45. The van der Waals surface area contributed by atoms with Crippen molar-refractivity contribution < 1.29 is 22.8 Å². The van der Waals surface area contributed by atoms with Crippen LogP contribution >= 0.6 is 0 Å². The van der Waals surface area contributed by atoms with Gasteiger partial charge >= 0.3 is 0 Å². The zero-order valence-corrected chi connectivity index (χ0v) is 8.96. The Bertz CT molecular complexity index is 276. The molecule has 0 saturated heterocycles. The molecule has 0 aromatic carbocycles. The van der Waals surface area contributed by atoms with E-state index in [1.165, 1.54) is 0 Å². The molecule has 2 N–H and O–H groups in total. The maximum atomic E-state index is 10.8. The molecule has 1 saturated carbocycles. The van der Waals surface area contributed by atoms with Crippen LogP contribution in [-0.4, -0.2) is 35.7 Å². The molecular weight excluding hydrogens is 208 g/mol. The number of rotatable bonds is 3. The van der Waals surface area contributed by atoms with Gasteiger partial charge in [0.25, 0.3) is 10.1 Å². The Morgan fingerprint density at radius 1 is 1.43 bits per heavy atom. The Balaban J connectivity index is 2.58. The average molecular weight is 224 g/mol. The lowest BCUT2D eigenvalue weighted by Gasteiger charge is -2.32. The summed E-state index contributed by atoms with van der Waals surface area (Å²) in [7, 11) is -4.36. The predicted molar refractivity (Wildman–Crippen MR) is 50.4 cm³/mol. The monoisotopic (exact) mass is 224 g/mol. The van der Waals surface area contributed by atoms with Crippen LogP contribution in [0, 0.1) is 0 Å². The second-order valence-electron chi connectivity index (χ2n) is 3.58. The second-order valence-corrected chi connectivity index (χ2v) is 5.29. The van der Waals surface area contributed by atoms with Crippen LogP contribution in [0.1, 0.15) is 32.6 Å². The summed E-state index contributed by atoms with van der Waals surface area (Å²) in [6.45, 7) is 2.44. The van der Waals surface area contributed by atoms with E-state index in [0.29, 0.717) is 19.4 Å². The molecule has 1 fully saturated rings. The van der Waals surface area contributed by atoms with Gasteiger partial charge in [0.05, 0.1) is 6.10 Å². The molecule has 6 heteroatoms. The summed E-state index contributed by atoms with van der Waals surface area (Å²) < 4.78 is 35.8. The van der Waals surface area contributed by atoms with Crippen molar-refractivity contribution >= 4 is 10.1 Å². The van der Waals surface area contributed by atoms with E-state index in [1.54, 1.807) is 0 Å². The highest BCUT2D eigenvalue weighted by Crippen LogP contribution is 2.33. The van der Waals surface area contributed by atoms with Gasteiger partial charge in [0, 0.05) is 6.61 Å². The lowest BCUT2D eigenvalue weighted by molar-refractivity contribution is -0.0162. The summed E-state index contributed by atoms with van der Waals surface area (Å²) in [4.78, 5) is -1.96. The van der Waals surface area contributed by atoms with Gasteiger partial charge in [0.2, 0.25) is 0 Å². The first-order valence-corrected chi connectivity index (χ1v) is 6.14. The number of hydrogen-bond acceptors (Lipinski definition) is 4. The number of hydrogen-bond donors (Lipinski definition) is 2. The van der Waals surface area contributed by atoms with Crippen LogP contribution in [0.25, 0.3) is 0 Å². The zero-order chi connectivity index (χ0) is 10.8. The summed E-state index contributed by atoms with van der Waals surface area (Å²) in [6.07, 6.45) is 1.00. The first kappa shape index (κ1) is 11.9. The van der Waals surface area contributed by atoms with Crippen LogP contribution < -0.4 is 0 Å². The van der Waals surface area contributed by atoms with E-state index in [0.717, 1.165) is 0 Å². The lowest BCUT2D eigenvalue weighted by atomic mass is 9.94. The van der Waals surface area contributed by atoms with E-state index in [2.05, 4.69) is 0 Å². The van der Waals surface area contributed by atoms with E-state index in [1.807, 2.05) is 6.92 Å². The summed E-state index contributed by atoms with van der Waals surface area (Å²) in [5.74, 6) is 0. The fourth-order valence-electron chi connectivity index (χ4n) is 1.70. The van der Waals surface area contributed by atoms with Gasteiger partial charge in [-0.3, -0.25) is 4.55 Å².